The van der Waals surface area contributed by atoms with Gasteiger partial charge in [-0.05, 0) is 98.4 Å². The van der Waals surface area contributed by atoms with Gasteiger partial charge in [0, 0.05) is 65.9 Å². The number of esters is 1. The molecule has 3 aliphatic rings. The van der Waals surface area contributed by atoms with E-state index in [4.69, 9.17) is 48.6 Å². The predicted octanol–water partition coefficient (Wildman–Crippen LogP) is 4.54. The summed E-state index contributed by atoms with van der Waals surface area (Å²) in [7, 11) is 0. The van der Waals surface area contributed by atoms with E-state index in [1.165, 1.54) is 16.8 Å². The number of ether oxygens (including phenoxy) is 8. The van der Waals surface area contributed by atoms with Crippen molar-refractivity contribution in [3.8, 4) is 17.1 Å². The van der Waals surface area contributed by atoms with Gasteiger partial charge in [0.05, 0.1) is 108 Å². The topological polar surface area (TPSA) is 335 Å². The Morgan fingerprint density at radius 2 is 1.51 bits per heavy atom. The number of aryl methyl sites for hydroxylation is 1. The second-order valence-electron chi connectivity index (χ2n) is 22.1. The van der Waals surface area contributed by atoms with Crippen molar-refractivity contribution in [3.63, 3.8) is 0 Å². The van der Waals surface area contributed by atoms with Gasteiger partial charge in [-0.1, -0.05) is 27.7 Å². The number of halogens is 1. The molecular weight excluding hydrogens is 1160 g/mol. The minimum Gasteiger partial charge on any atom is -0.458 e. The van der Waals surface area contributed by atoms with Crippen LogP contribution in [0.15, 0.2) is 53.6 Å². The molecule has 4 atom stereocenters. The lowest BCUT2D eigenvalue weighted by Gasteiger charge is -2.31. The first kappa shape index (κ1) is 67.0. The molecule has 2 aliphatic heterocycles. The van der Waals surface area contributed by atoms with E-state index in [1.54, 1.807) is 68.8 Å². The molecule has 5 aromatic rings. The number of primary amides is 1. The number of fused-ring (bicyclic) bond motifs is 5. The van der Waals surface area contributed by atoms with Crippen molar-refractivity contribution >= 4 is 52.4 Å². The van der Waals surface area contributed by atoms with Crippen molar-refractivity contribution in [2.45, 2.75) is 123 Å². The fourth-order valence-electron chi connectivity index (χ4n) is 11.0. The highest BCUT2D eigenvalue weighted by Gasteiger charge is 2.46. The average molecular weight is 1240 g/mol. The first-order valence-corrected chi connectivity index (χ1v) is 30.2. The number of urea groups is 1. The van der Waals surface area contributed by atoms with E-state index in [9.17, 15) is 38.7 Å². The summed E-state index contributed by atoms with van der Waals surface area (Å²) in [6.07, 6.45) is 4.49. The van der Waals surface area contributed by atoms with Crippen LogP contribution in [0.3, 0.4) is 0 Å². The minimum atomic E-state index is -2.05. The van der Waals surface area contributed by atoms with E-state index in [0.29, 0.717) is 128 Å². The van der Waals surface area contributed by atoms with E-state index in [0.717, 1.165) is 18.6 Å². The van der Waals surface area contributed by atoms with E-state index in [1.807, 2.05) is 0 Å². The van der Waals surface area contributed by atoms with Gasteiger partial charge in [0.2, 0.25) is 17.7 Å². The molecule has 27 heteroatoms. The summed E-state index contributed by atoms with van der Waals surface area (Å²) in [6.45, 7) is 13.5. The second kappa shape index (κ2) is 32.0. The summed E-state index contributed by atoms with van der Waals surface area (Å²) < 4.78 is 62.6. The van der Waals surface area contributed by atoms with Crippen molar-refractivity contribution in [2.75, 3.05) is 91.1 Å². The van der Waals surface area contributed by atoms with Crippen LogP contribution in [0.1, 0.15) is 111 Å². The maximum atomic E-state index is 15.5. The highest BCUT2D eigenvalue weighted by molar-refractivity contribution is 5.99. The number of benzene rings is 2. The molecule has 8 rings (SSSR count). The Kier molecular flexibility index (Phi) is 24.1. The fourth-order valence-corrected chi connectivity index (χ4v) is 11.0. The van der Waals surface area contributed by atoms with Crippen molar-refractivity contribution in [3.05, 3.63) is 104 Å². The molecule has 0 unspecified atom stereocenters. The number of cyclic esters (lactones) is 1. The molecule has 6 amide bonds. The molecule has 0 radical (unpaired) electrons. The summed E-state index contributed by atoms with van der Waals surface area (Å²) in [5.41, 5.74) is 7.53. The second-order valence-corrected chi connectivity index (χ2v) is 22.1. The number of hydrogen-bond donors (Lipinski definition) is 7. The molecule has 0 saturated carbocycles. The lowest BCUT2D eigenvalue weighted by Crippen LogP contribution is -2.54. The van der Waals surface area contributed by atoms with Crippen molar-refractivity contribution in [1.82, 2.24) is 40.4 Å². The number of nitrogens with zero attached hydrogens (tertiary/aromatic N) is 4. The molecule has 0 saturated heterocycles. The normalized spacial score (nSPS) is 16.2. The minimum absolute atomic E-state index is 0.0294. The number of anilines is 1. The molecule has 26 nitrogen and oxygen atoms in total. The van der Waals surface area contributed by atoms with E-state index < -0.39 is 70.9 Å². The number of carbonyl (C=O) groups excluding carboxylic acids is 6. The lowest BCUT2D eigenvalue weighted by atomic mass is 9.81. The summed E-state index contributed by atoms with van der Waals surface area (Å²) in [5, 5.41) is 26.0. The van der Waals surface area contributed by atoms with Crippen LogP contribution in [0, 0.1) is 18.7 Å². The Hall–Kier alpha value is -7.92. The molecule has 482 valence electrons. The molecule has 1 aliphatic carbocycles. The maximum absolute atomic E-state index is 15.5. The first-order valence-electron chi connectivity index (χ1n) is 30.2. The third kappa shape index (κ3) is 16.9. The number of imidazole rings is 1. The number of nitrogens with one attached hydrogen (secondary N) is 5. The Morgan fingerprint density at radius 3 is 2.13 bits per heavy atom. The predicted molar refractivity (Wildman–Crippen MR) is 321 cm³/mol. The van der Waals surface area contributed by atoms with Crippen LogP contribution in [0.2, 0.25) is 0 Å². The van der Waals surface area contributed by atoms with Crippen LogP contribution in [0.5, 0.6) is 0 Å². The van der Waals surface area contributed by atoms with Crippen LogP contribution in [0.25, 0.3) is 28.0 Å². The van der Waals surface area contributed by atoms with Crippen LogP contribution in [-0.4, -0.2) is 158 Å². The Balaban J connectivity index is 0.820. The molecule has 8 N–H and O–H groups in total. The first-order chi connectivity index (χ1) is 42.9. The smallest absolute Gasteiger partial charge is 0.408 e. The summed E-state index contributed by atoms with van der Waals surface area (Å²) in [4.78, 5) is 102. The number of nitrogens with two attached hydrogens (primary N) is 1. The quantitative estimate of drug-likeness (QED) is 0.0212. The molecule has 5 heterocycles. The number of amides is 6. The van der Waals surface area contributed by atoms with Crippen molar-refractivity contribution in [1.29, 1.82) is 0 Å². The number of rotatable bonds is 35. The van der Waals surface area contributed by atoms with Crippen LogP contribution >= 0.6 is 0 Å². The molecule has 0 spiro atoms. The van der Waals surface area contributed by atoms with Gasteiger partial charge in [-0.15, -0.1) is 0 Å². The highest BCUT2D eigenvalue weighted by Crippen LogP contribution is 2.46. The van der Waals surface area contributed by atoms with Crippen LogP contribution < -0.4 is 37.9 Å². The number of pyridine rings is 2. The number of hydrogen-bond acceptors (Lipinski definition) is 18. The van der Waals surface area contributed by atoms with E-state index >= 15 is 4.39 Å². The van der Waals surface area contributed by atoms with Gasteiger partial charge in [0.25, 0.3) is 5.56 Å². The Labute approximate surface area is 514 Å². The van der Waals surface area contributed by atoms with Gasteiger partial charge in [0.1, 0.15) is 24.5 Å². The standard InChI is InChI=1S/C62H81FN10O16/c1-6-20-82-22-24-84-26-28-86-30-31-87-29-27-85-25-23-83-21-16-51(74)71-54(37(3)4)57(76)69-47(9-8-17-66-60(64)79)56(75)67-39-10-12-40(13-11-39)72-19-18-65-50(72)36-89-61(80)70-46-15-14-41-38(5)45(63)33-48-52(41)53(46)42-34-73-49(55(42)68-48)32-44-43(58(73)77)35-88-59(78)62(44,81)7-2/h10-13,18-19,32-33,37,46-47,54,81H,6-9,14-17,20-31,34-36H2,1-5H3,(H,67,75)(H,69,76)(H,70,80)(H,71,74)(H3,64,66,79)/t46-,47-,54-,62-/m0/s1. The van der Waals surface area contributed by atoms with E-state index in [-0.39, 0.29) is 82.2 Å². The summed E-state index contributed by atoms with van der Waals surface area (Å²) in [6, 6.07) is 6.13. The molecular formula is C62H81FN10O16. The fraction of sp³-hybridized carbons (Fsp3) is 0.532. The Bertz CT molecular complexity index is 3380. The number of carbonyl (C=O) groups is 6. The summed E-state index contributed by atoms with van der Waals surface area (Å²) >= 11 is 0. The van der Waals surface area contributed by atoms with Crippen molar-refractivity contribution in [2.24, 2.45) is 11.7 Å². The SMILES string of the molecule is CCCOCCOCCOCCOCCOCCOCCC(=O)N[C@H](C(=O)N[C@@H](CCCNC(N)=O)C(=O)Nc1ccc(-n2ccnc2COC(=O)N[C@H]2CCc3c(C)c(F)cc4nc5c(c2c34)Cn2c-5cc3c(c2=O)COC(=O)[C@]3(O)CC)cc1)C(C)C. The molecule has 0 fully saturated rings. The number of alkyl carbamates (subject to hydrolysis) is 1. The number of aliphatic hydroxyl groups is 1. The number of aromatic nitrogens is 4. The highest BCUT2D eigenvalue weighted by atomic mass is 19.1. The van der Waals surface area contributed by atoms with Gasteiger partial charge in [0.15, 0.2) is 18.0 Å². The zero-order valence-electron chi connectivity index (χ0n) is 51.0. The average Bonchev–Trinajstić information content (AvgIpc) is 1.64. The third-order valence-corrected chi connectivity index (χ3v) is 15.7. The zero-order valence-corrected chi connectivity index (χ0v) is 51.0. The third-order valence-electron chi connectivity index (χ3n) is 15.7. The van der Waals surface area contributed by atoms with Crippen molar-refractivity contribution < 1.29 is 76.2 Å². The summed E-state index contributed by atoms with van der Waals surface area (Å²) in [5.74, 6) is -2.90. The van der Waals surface area contributed by atoms with Gasteiger partial charge in [-0.2, -0.15) is 0 Å². The molecule has 3 aromatic heterocycles. The monoisotopic (exact) mass is 1240 g/mol. The van der Waals surface area contributed by atoms with E-state index in [2.05, 4.69) is 38.5 Å². The molecule has 2 aromatic carbocycles. The van der Waals surface area contributed by atoms with Crippen LogP contribution in [-0.2, 0) is 88.9 Å². The Morgan fingerprint density at radius 1 is 0.854 bits per heavy atom. The van der Waals surface area contributed by atoms with Gasteiger partial charge < -0.3 is 84.5 Å². The largest absolute Gasteiger partial charge is 0.458 e. The van der Waals surface area contributed by atoms with Gasteiger partial charge in [-0.25, -0.2) is 28.7 Å². The lowest BCUT2D eigenvalue weighted by molar-refractivity contribution is -0.172. The molecule has 89 heavy (non-hydrogen) atoms. The maximum Gasteiger partial charge on any atom is 0.408 e. The molecule has 0 bridgehead atoms. The zero-order chi connectivity index (χ0) is 63.6. The van der Waals surface area contributed by atoms with Gasteiger partial charge >= 0.3 is 18.1 Å². The van der Waals surface area contributed by atoms with Crippen LogP contribution in [0.4, 0.5) is 19.7 Å². The van der Waals surface area contributed by atoms with Gasteiger partial charge in [-0.3, -0.25) is 19.2 Å².